The van der Waals surface area contributed by atoms with Gasteiger partial charge in [-0.25, -0.2) is 4.79 Å². The summed E-state index contributed by atoms with van der Waals surface area (Å²) < 4.78 is 0.899. The minimum absolute atomic E-state index is 0. The summed E-state index contributed by atoms with van der Waals surface area (Å²) in [5, 5.41) is 4.12. The molecule has 5 heteroatoms. The van der Waals surface area contributed by atoms with E-state index in [4.69, 9.17) is 4.84 Å². The molecule has 0 heterocycles. The predicted octanol–water partition coefficient (Wildman–Crippen LogP) is -0.290. The largest absolute Gasteiger partial charge is 1.00 e. The lowest BCUT2D eigenvalue weighted by atomic mass is 10.1. The number of nitrogens with zero attached hydrogens (tertiary/aromatic N) is 2. The van der Waals surface area contributed by atoms with Gasteiger partial charge in [0, 0.05) is 5.92 Å². The molecule has 0 spiro atoms. The average molecular weight is 402 g/mol. The van der Waals surface area contributed by atoms with Gasteiger partial charge in [-0.05, 0) is 31.4 Å². The second-order valence-electron chi connectivity index (χ2n) is 6.39. The summed E-state index contributed by atoms with van der Waals surface area (Å²) in [6.07, 6.45) is 3.20. The van der Waals surface area contributed by atoms with Crippen LogP contribution in [0.25, 0.3) is 0 Å². The molecular formula is C16H23IN2O2. The van der Waals surface area contributed by atoms with Crippen LogP contribution in [0, 0.1) is 5.92 Å². The summed E-state index contributed by atoms with van der Waals surface area (Å²) >= 11 is 0. The smallest absolute Gasteiger partial charge is 0.365 e. The summed E-state index contributed by atoms with van der Waals surface area (Å²) in [5.41, 5.74) is 1.57. The van der Waals surface area contributed by atoms with E-state index in [9.17, 15) is 4.79 Å². The Morgan fingerprint density at radius 1 is 1.29 bits per heavy atom. The van der Waals surface area contributed by atoms with Crippen LogP contribution in [0.2, 0.25) is 0 Å². The van der Waals surface area contributed by atoms with E-state index in [0.29, 0.717) is 11.5 Å². The number of hydrogen-bond acceptors (Lipinski definition) is 3. The quantitative estimate of drug-likeness (QED) is 0.301. The maximum atomic E-state index is 11.9. The number of oxime groups is 1. The molecule has 0 amide bonds. The third kappa shape index (κ3) is 5.74. The fourth-order valence-electron chi connectivity index (χ4n) is 2.61. The first-order chi connectivity index (χ1) is 9.46. The van der Waals surface area contributed by atoms with Crippen molar-refractivity contribution in [1.82, 2.24) is 0 Å². The highest BCUT2D eigenvalue weighted by Crippen LogP contribution is 2.24. The lowest BCUT2D eigenvalue weighted by molar-refractivity contribution is -0.872. The van der Waals surface area contributed by atoms with Gasteiger partial charge in [-0.2, -0.15) is 0 Å². The van der Waals surface area contributed by atoms with E-state index >= 15 is 0 Å². The second kappa shape index (κ2) is 7.89. The van der Waals surface area contributed by atoms with E-state index < -0.39 is 0 Å². The van der Waals surface area contributed by atoms with Gasteiger partial charge in [0.1, 0.15) is 0 Å². The molecule has 0 N–H and O–H groups in total. The molecule has 0 saturated heterocycles. The van der Waals surface area contributed by atoms with Gasteiger partial charge in [0.25, 0.3) is 0 Å². The maximum absolute atomic E-state index is 11.9. The number of carbonyl (C=O) groups is 1. The highest BCUT2D eigenvalue weighted by Gasteiger charge is 2.28. The van der Waals surface area contributed by atoms with Gasteiger partial charge in [-0.3, -0.25) is 0 Å². The van der Waals surface area contributed by atoms with Gasteiger partial charge in [0.15, 0.2) is 0 Å². The molecule has 4 nitrogen and oxygen atoms in total. The topological polar surface area (TPSA) is 38.7 Å². The third-order valence-corrected chi connectivity index (χ3v) is 3.48. The molecular weight excluding hydrogens is 379 g/mol. The zero-order chi connectivity index (χ0) is 14.6. The van der Waals surface area contributed by atoms with Gasteiger partial charge >= 0.3 is 5.97 Å². The van der Waals surface area contributed by atoms with Crippen molar-refractivity contribution in [3.8, 4) is 0 Å². The fourth-order valence-corrected chi connectivity index (χ4v) is 2.61. The first-order valence-electron chi connectivity index (χ1n) is 7.09. The van der Waals surface area contributed by atoms with Crippen molar-refractivity contribution in [1.29, 1.82) is 0 Å². The molecule has 21 heavy (non-hydrogen) atoms. The lowest BCUT2D eigenvalue weighted by Gasteiger charge is -2.27. The molecule has 1 aromatic rings. The van der Waals surface area contributed by atoms with Gasteiger partial charge in [-0.15, -0.1) is 0 Å². The van der Waals surface area contributed by atoms with Crippen LogP contribution in [0.3, 0.4) is 0 Å². The highest BCUT2D eigenvalue weighted by molar-refractivity contribution is 5.92. The molecule has 0 bridgehead atoms. The first kappa shape index (κ1) is 18.1. The molecule has 1 aliphatic carbocycles. The standard InChI is InChI=1S/C16H23N2O2.HI/c1-18(2,3)12-14-10-7-11-15(14)17-20-16(19)13-8-5-4-6-9-13;/h4-6,8-9,14H,7,10-12H2,1-3H3;1H/q+1;/p-1/b17-15+;. The van der Waals surface area contributed by atoms with Crippen LogP contribution in [-0.4, -0.2) is 43.9 Å². The zero-order valence-corrected chi connectivity index (χ0v) is 15.0. The van der Waals surface area contributed by atoms with Crippen molar-refractivity contribution in [2.24, 2.45) is 11.1 Å². The normalized spacial score (nSPS) is 20.1. The van der Waals surface area contributed by atoms with Crippen LogP contribution < -0.4 is 24.0 Å². The van der Waals surface area contributed by atoms with Gasteiger partial charge < -0.3 is 33.3 Å². The van der Waals surface area contributed by atoms with Gasteiger partial charge in [0.05, 0.1) is 39.0 Å². The van der Waals surface area contributed by atoms with Crippen LogP contribution >= 0.6 is 0 Å². The Bertz CT molecular complexity index is 495. The number of hydrogen-bond donors (Lipinski definition) is 0. The number of benzene rings is 1. The molecule has 1 fully saturated rings. The number of carbonyl (C=O) groups excluding carboxylic acids is 1. The molecule has 0 aromatic heterocycles. The Labute approximate surface area is 143 Å². The van der Waals surface area contributed by atoms with Crippen molar-refractivity contribution in [2.75, 3.05) is 27.7 Å². The SMILES string of the molecule is C[N+](C)(C)CC1CCC/C1=N\OC(=O)c1ccccc1.[I-]. The Morgan fingerprint density at radius 3 is 2.57 bits per heavy atom. The van der Waals surface area contributed by atoms with Crippen LogP contribution in [0.1, 0.15) is 29.6 Å². The van der Waals surface area contributed by atoms with Crippen LogP contribution in [0.5, 0.6) is 0 Å². The Morgan fingerprint density at radius 2 is 1.95 bits per heavy atom. The molecule has 1 unspecified atom stereocenters. The van der Waals surface area contributed by atoms with E-state index in [1.54, 1.807) is 12.1 Å². The summed E-state index contributed by atoms with van der Waals surface area (Å²) in [6, 6.07) is 8.98. The van der Waals surface area contributed by atoms with E-state index in [1.165, 1.54) is 0 Å². The molecule has 1 saturated carbocycles. The third-order valence-electron chi connectivity index (χ3n) is 3.48. The Kier molecular flexibility index (Phi) is 6.80. The first-order valence-corrected chi connectivity index (χ1v) is 7.09. The van der Waals surface area contributed by atoms with Crippen molar-refractivity contribution in [2.45, 2.75) is 19.3 Å². The Hall–Kier alpha value is -0.950. The van der Waals surface area contributed by atoms with Crippen molar-refractivity contribution >= 4 is 11.7 Å². The zero-order valence-electron chi connectivity index (χ0n) is 12.9. The summed E-state index contributed by atoms with van der Waals surface area (Å²) in [7, 11) is 6.52. The van der Waals surface area contributed by atoms with Crippen LogP contribution in [0.4, 0.5) is 0 Å². The minimum Gasteiger partial charge on any atom is -1.00 e. The fraction of sp³-hybridized carbons (Fsp3) is 0.500. The second-order valence-corrected chi connectivity index (χ2v) is 6.39. The Balaban J connectivity index is 0.00000220. The van der Waals surface area contributed by atoms with Crippen LogP contribution in [0.15, 0.2) is 35.5 Å². The molecule has 1 aliphatic rings. The van der Waals surface area contributed by atoms with E-state index in [1.807, 2.05) is 18.2 Å². The monoisotopic (exact) mass is 402 g/mol. The van der Waals surface area contributed by atoms with Crippen molar-refractivity contribution < 1.29 is 38.1 Å². The van der Waals surface area contributed by atoms with Gasteiger partial charge in [0.2, 0.25) is 0 Å². The van der Waals surface area contributed by atoms with E-state index in [2.05, 4.69) is 26.3 Å². The molecule has 0 aliphatic heterocycles. The van der Waals surface area contributed by atoms with Gasteiger partial charge in [-0.1, -0.05) is 23.4 Å². The highest BCUT2D eigenvalue weighted by atomic mass is 127. The van der Waals surface area contributed by atoms with E-state index in [-0.39, 0.29) is 29.9 Å². The summed E-state index contributed by atoms with van der Waals surface area (Å²) in [6.45, 7) is 1.03. The summed E-state index contributed by atoms with van der Waals surface area (Å²) in [4.78, 5) is 17.0. The van der Waals surface area contributed by atoms with Crippen LogP contribution in [-0.2, 0) is 4.84 Å². The van der Waals surface area contributed by atoms with E-state index in [0.717, 1.165) is 36.0 Å². The number of halogens is 1. The maximum Gasteiger partial charge on any atom is 0.365 e. The lowest BCUT2D eigenvalue weighted by Crippen LogP contribution is -3.00. The molecule has 1 aromatic carbocycles. The molecule has 116 valence electrons. The predicted molar refractivity (Wildman–Crippen MR) is 79.5 cm³/mol. The molecule has 2 rings (SSSR count). The molecule has 1 atom stereocenters. The van der Waals surface area contributed by atoms with Crippen molar-refractivity contribution in [3.05, 3.63) is 35.9 Å². The summed E-state index contributed by atoms with van der Waals surface area (Å²) in [5.74, 6) is 0.0487. The average Bonchev–Trinajstić information content (AvgIpc) is 2.82. The number of rotatable bonds is 4. The number of quaternary nitrogens is 1. The minimum atomic E-state index is -0.381. The molecule has 0 radical (unpaired) electrons. The van der Waals surface area contributed by atoms with Crippen molar-refractivity contribution in [3.63, 3.8) is 0 Å².